The largest absolute Gasteiger partial charge is 0.323 e. The number of benzene rings is 2. The molecule has 1 fully saturated rings. The Hall–Kier alpha value is -2.38. The first-order valence-electron chi connectivity index (χ1n) is 10.2. The summed E-state index contributed by atoms with van der Waals surface area (Å²) in [5, 5.41) is 5.89. The Morgan fingerprint density at radius 2 is 1.83 bits per heavy atom. The predicted molar refractivity (Wildman–Crippen MR) is 119 cm³/mol. The van der Waals surface area contributed by atoms with Crippen LogP contribution in [-0.4, -0.2) is 34.0 Å². The van der Waals surface area contributed by atoms with E-state index in [9.17, 15) is 8.42 Å². The minimum Gasteiger partial charge on any atom is -0.323 e. The number of aromatic nitrogens is 4. The van der Waals surface area contributed by atoms with Gasteiger partial charge in [-0.15, -0.1) is 0 Å². The number of imidazole rings is 1. The highest BCUT2D eigenvalue weighted by atomic mass is 35.5. The molecular formula is C22H23ClN4O2S. The molecule has 0 saturated heterocycles. The van der Waals surface area contributed by atoms with Gasteiger partial charge in [0.25, 0.3) is 0 Å². The van der Waals surface area contributed by atoms with Crippen LogP contribution in [0.4, 0.5) is 0 Å². The van der Waals surface area contributed by atoms with Crippen LogP contribution >= 0.6 is 11.6 Å². The Morgan fingerprint density at radius 3 is 2.60 bits per heavy atom. The van der Waals surface area contributed by atoms with Crippen molar-refractivity contribution in [2.45, 2.75) is 49.7 Å². The number of halogens is 1. The third-order valence-electron chi connectivity index (χ3n) is 5.93. The Morgan fingerprint density at radius 1 is 1.07 bits per heavy atom. The number of rotatable bonds is 4. The quantitative estimate of drug-likeness (QED) is 0.446. The average molecular weight is 443 g/mol. The van der Waals surface area contributed by atoms with Gasteiger partial charge in [-0.1, -0.05) is 43.0 Å². The molecule has 0 bridgehead atoms. The summed E-state index contributed by atoms with van der Waals surface area (Å²) in [6.45, 7) is 0.402. The van der Waals surface area contributed by atoms with Gasteiger partial charge in [-0.25, -0.2) is 13.4 Å². The average Bonchev–Trinajstić information content (AvgIpc) is 3.27. The normalized spacial score (nSPS) is 15.9. The van der Waals surface area contributed by atoms with Crippen LogP contribution in [0, 0.1) is 0 Å². The third kappa shape index (κ3) is 3.40. The summed E-state index contributed by atoms with van der Waals surface area (Å²) in [4.78, 5) is 4.89. The molecule has 2 aromatic heterocycles. The highest BCUT2D eigenvalue weighted by Gasteiger charge is 2.24. The zero-order valence-corrected chi connectivity index (χ0v) is 18.3. The smallest absolute Gasteiger partial charge is 0.195 e. The molecule has 156 valence electrons. The molecule has 0 N–H and O–H groups in total. The summed E-state index contributed by atoms with van der Waals surface area (Å²) in [6.07, 6.45) is 7.13. The van der Waals surface area contributed by atoms with Gasteiger partial charge in [0.2, 0.25) is 0 Å². The van der Waals surface area contributed by atoms with Crippen molar-refractivity contribution in [3.63, 3.8) is 0 Å². The van der Waals surface area contributed by atoms with E-state index >= 15 is 0 Å². The maximum atomic E-state index is 12.3. The van der Waals surface area contributed by atoms with Crippen molar-refractivity contribution in [2.75, 3.05) is 6.26 Å². The molecule has 8 heteroatoms. The summed E-state index contributed by atoms with van der Waals surface area (Å²) in [6, 6.07) is 13.7. The second-order valence-electron chi connectivity index (χ2n) is 8.08. The fraction of sp³-hybridized carbons (Fsp3) is 0.364. The Bertz CT molecular complexity index is 1350. The first-order valence-corrected chi connectivity index (χ1v) is 12.5. The van der Waals surface area contributed by atoms with E-state index in [0.717, 1.165) is 35.2 Å². The maximum absolute atomic E-state index is 12.3. The van der Waals surface area contributed by atoms with Gasteiger partial charge in [-0.3, -0.25) is 4.68 Å². The standard InChI is InChI=1S/C22H23ClN4O2S/c1-30(28,29)22-17-9-5-6-10-19(17)26(25-22)14-21-24-18-13-15(23)11-12-20(18)27(21)16-7-3-2-4-8-16/h5-6,9-13,16H,2-4,7-8,14H2,1H3. The van der Waals surface area contributed by atoms with Crippen LogP contribution in [0.25, 0.3) is 21.9 Å². The van der Waals surface area contributed by atoms with Crippen LogP contribution in [-0.2, 0) is 16.4 Å². The summed E-state index contributed by atoms with van der Waals surface area (Å²) in [7, 11) is -3.44. The van der Waals surface area contributed by atoms with E-state index in [4.69, 9.17) is 16.6 Å². The van der Waals surface area contributed by atoms with Gasteiger partial charge < -0.3 is 4.57 Å². The molecule has 4 aromatic rings. The van der Waals surface area contributed by atoms with Crippen LogP contribution < -0.4 is 0 Å². The van der Waals surface area contributed by atoms with Crippen LogP contribution in [0.2, 0.25) is 5.02 Å². The van der Waals surface area contributed by atoms with E-state index in [1.165, 1.54) is 25.5 Å². The van der Waals surface area contributed by atoms with Crippen molar-refractivity contribution in [2.24, 2.45) is 0 Å². The van der Waals surface area contributed by atoms with Gasteiger partial charge in [0.05, 0.1) is 23.1 Å². The fourth-order valence-corrected chi connectivity index (χ4v) is 5.59. The summed E-state index contributed by atoms with van der Waals surface area (Å²) in [5.74, 6) is 0.882. The molecule has 1 aliphatic carbocycles. The molecule has 2 heterocycles. The van der Waals surface area contributed by atoms with Crippen LogP contribution in [0.3, 0.4) is 0 Å². The summed E-state index contributed by atoms with van der Waals surface area (Å²) < 4.78 is 28.7. The topological polar surface area (TPSA) is 69.8 Å². The van der Waals surface area contributed by atoms with Gasteiger partial charge in [0, 0.05) is 22.7 Å². The van der Waals surface area contributed by atoms with E-state index < -0.39 is 9.84 Å². The Balaban J connectivity index is 1.67. The monoisotopic (exact) mass is 442 g/mol. The Kier molecular flexibility index (Phi) is 4.82. The summed E-state index contributed by atoms with van der Waals surface area (Å²) in [5.41, 5.74) is 2.72. The van der Waals surface area contributed by atoms with Gasteiger partial charge in [-0.2, -0.15) is 5.10 Å². The van der Waals surface area contributed by atoms with Gasteiger partial charge in [0.1, 0.15) is 5.82 Å². The predicted octanol–water partition coefficient (Wildman–Crippen LogP) is 5.00. The zero-order chi connectivity index (χ0) is 20.9. The minimum absolute atomic E-state index is 0.112. The van der Waals surface area contributed by atoms with E-state index in [-0.39, 0.29) is 5.03 Å². The molecule has 5 rings (SSSR count). The van der Waals surface area contributed by atoms with Crippen molar-refractivity contribution in [1.29, 1.82) is 0 Å². The molecule has 1 saturated carbocycles. The van der Waals surface area contributed by atoms with Crippen molar-refractivity contribution < 1.29 is 8.42 Å². The molecule has 0 atom stereocenters. The van der Waals surface area contributed by atoms with E-state index in [2.05, 4.69) is 9.67 Å². The molecule has 0 unspecified atom stereocenters. The van der Waals surface area contributed by atoms with Gasteiger partial charge in [0.15, 0.2) is 14.9 Å². The van der Waals surface area contributed by atoms with Crippen LogP contribution in [0.1, 0.15) is 44.0 Å². The number of fused-ring (bicyclic) bond motifs is 2. The van der Waals surface area contributed by atoms with E-state index in [1.807, 2.05) is 36.4 Å². The lowest BCUT2D eigenvalue weighted by molar-refractivity contribution is 0.350. The molecule has 1 aliphatic rings. The number of hydrogen-bond donors (Lipinski definition) is 0. The first-order chi connectivity index (χ1) is 14.4. The highest BCUT2D eigenvalue weighted by molar-refractivity contribution is 7.90. The third-order valence-corrected chi connectivity index (χ3v) is 7.17. The number of para-hydroxylation sites is 1. The van der Waals surface area contributed by atoms with Crippen LogP contribution in [0.5, 0.6) is 0 Å². The molecule has 0 spiro atoms. The van der Waals surface area contributed by atoms with Gasteiger partial charge in [-0.05, 0) is 43.2 Å². The van der Waals surface area contributed by atoms with Crippen molar-refractivity contribution in [3.8, 4) is 0 Å². The molecule has 0 amide bonds. The summed E-state index contributed by atoms with van der Waals surface area (Å²) >= 11 is 6.22. The molecule has 0 radical (unpaired) electrons. The SMILES string of the molecule is CS(=O)(=O)c1nn(Cc2nc3cc(Cl)ccc3n2C2CCCCC2)c2ccccc12. The molecular weight excluding hydrogens is 420 g/mol. The lowest BCUT2D eigenvalue weighted by Gasteiger charge is -2.25. The van der Waals surface area contributed by atoms with Crippen molar-refractivity contribution in [1.82, 2.24) is 19.3 Å². The second-order valence-corrected chi connectivity index (χ2v) is 10.4. The Labute approximate surface area is 180 Å². The van der Waals surface area contributed by atoms with E-state index in [0.29, 0.717) is 23.0 Å². The molecule has 30 heavy (non-hydrogen) atoms. The molecule has 0 aliphatic heterocycles. The number of hydrogen-bond acceptors (Lipinski definition) is 4. The lowest BCUT2D eigenvalue weighted by Crippen LogP contribution is -2.17. The van der Waals surface area contributed by atoms with Crippen LogP contribution in [0.15, 0.2) is 47.5 Å². The van der Waals surface area contributed by atoms with Gasteiger partial charge >= 0.3 is 0 Å². The molecule has 2 aromatic carbocycles. The number of nitrogens with zero attached hydrogens (tertiary/aromatic N) is 4. The molecule has 6 nitrogen and oxygen atoms in total. The second kappa shape index (κ2) is 7.39. The maximum Gasteiger partial charge on any atom is 0.195 e. The zero-order valence-electron chi connectivity index (χ0n) is 16.8. The van der Waals surface area contributed by atoms with Crippen molar-refractivity contribution in [3.05, 3.63) is 53.3 Å². The van der Waals surface area contributed by atoms with Crippen molar-refractivity contribution >= 4 is 43.4 Å². The lowest BCUT2D eigenvalue weighted by atomic mass is 9.95. The fourth-order valence-electron chi connectivity index (χ4n) is 4.61. The first kappa shape index (κ1) is 19.6. The number of sulfone groups is 1. The minimum atomic E-state index is -3.44. The van der Waals surface area contributed by atoms with E-state index in [1.54, 1.807) is 10.7 Å². The highest BCUT2D eigenvalue weighted by Crippen LogP contribution is 2.34.